The predicted molar refractivity (Wildman–Crippen MR) is 93.6 cm³/mol. The summed E-state index contributed by atoms with van der Waals surface area (Å²) in [5.74, 6) is 0.766. The van der Waals surface area contributed by atoms with Crippen LogP contribution in [0.25, 0.3) is 0 Å². The Hall–Kier alpha value is -2.24. The summed E-state index contributed by atoms with van der Waals surface area (Å²) in [4.78, 5) is 13.7. The Morgan fingerprint density at radius 2 is 2.00 bits per heavy atom. The number of fused-ring (bicyclic) bond motifs is 1. The molecule has 0 unspecified atom stereocenters. The van der Waals surface area contributed by atoms with E-state index in [0.29, 0.717) is 22.9 Å². The van der Waals surface area contributed by atoms with Crippen LogP contribution < -0.4 is 9.47 Å². The highest BCUT2D eigenvalue weighted by atomic mass is 35.5. The second kappa shape index (κ2) is 6.58. The van der Waals surface area contributed by atoms with Gasteiger partial charge in [-0.1, -0.05) is 29.8 Å². The Bertz CT molecular complexity index is 823. The van der Waals surface area contributed by atoms with Gasteiger partial charge in [0.05, 0.1) is 5.56 Å². The molecule has 2 aromatic rings. The number of hydrogen-bond donors (Lipinski definition) is 1. The standard InChI is InChI=1S/C19H18ClNO4/c20-16-8-18-17(24-11-25-18)7-13(16)10-21-6-5-12(9-21)14-3-1-2-4-15(14)19(22)23/h1-4,7-8,12H,5-6,9-11H2,(H,22,23)/t12-/m1/s1. The number of nitrogens with zero attached hydrogens (tertiary/aromatic N) is 1. The van der Waals surface area contributed by atoms with Gasteiger partial charge in [0.25, 0.3) is 0 Å². The molecule has 1 N–H and O–H groups in total. The molecule has 0 saturated carbocycles. The van der Waals surface area contributed by atoms with Crippen LogP contribution in [0.15, 0.2) is 36.4 Å². The summed E-state index contributed by atoms with van der Waals surface area (Å²) in [6, 6.07) is 11.0. The lowest BCUT2D eigenvalue weighted by Gasteiger charge is -2.18. The van der Waals surface area contributed by atoms with Gasteiger partial charge < -0.3 is 14.6 Å². The quantitative estimate of drug-likeness (QED) is 0.900. The van der Waals surface area contributed by atoms with Crippen molar-refractivity contribution in [2.75, 3.05) is 19.9 Å². The van der Waals surface area contributed by atoms with Gasteiger partial charge >= 0.3 is 5.97 Å². The zero-order chi connectivity index (χ0) is 17.4. The molecule has 4 rings (SSSR count). The third-order valence-corrected chi connectivity index (χ3v) is 5.19. The number of halogens is 1. The zero-order valence-corrected chi connectivity index (χ0v) is 14.3. The summed E-state index contributed by atoms with van der Waals surface area (Å²) in [5.41, 5.74) is 2.31. The van der Waals surface area contributed by atoms with Crippen molar-refractivity contribution in [3.63, 3.8) is 0 Å². The molecule has 2 heterocycles. The van der Waals surface area contributed by atoms with E-state index < -0.39 is 5.97 Å². The Morgan fingerprint density at radius 1 is 1.24 bits per heavy atom. The molecular weight excluding hydrogens is 342 g/mol. The van der Waals surface area contributed by atoms with Crippen molar-refractivity contribution in [1.82, 2.24) is 4.90 Å². The van der Waals surface area contributed by atoms with Crippen LogP contribution in [0.1, 0.15) is 33.8 Å². The van der Waals surface area contributed by atoms with Gasteiger partial charge in [0.15, 0.2) is 11.5 Å². The lowest BCUT2D eigenvalue weighted by Crippen LogP contribution is -2.20. The maximum absolute atomic E-state index is 11.4. The van der Waals surface area contributed by atoms with Gasteiger partial charge in [-0.05, 0) is 42.1 Å². The molecule has 2 aromatic carbocycles. The fourth-order valence-electron chi connectivity index (χ4n) is 3.60. The fourth-order valence-corrected chi connectivity index (χ4v) is 3.81. The van der Waals surface area contributed by atoms with Crippen LogP contribution in [0.5, 0.6) is 11.5 Å². The summed E-state index contributed by atoms with van der Waals surface area (Å²) in [6.45, 7) is 2.66. The van der Waals surface area contributed by atoms with Gasteiger partial charge in [-0.3, -0.25) is 4.90 Å². The van der Waals surface area contributed by atoms with E-state index in [4.69, 9.17) is 21.1 Å². The number of carbonyl (C=O) groups is 1. The Kier molecular flexibility index (Phi) is 4.27. The number of likely N-dealkylation sites (tertiary alicyclic amines) is 1. The van der Waals surface area contributed by atoms with Gasteiger partial charge in [0, 0.05) is 24.2 Å². The second-order valence-electron chi connectivity index (χ2n) is 6.41. The molecule has 1 saturated heterocycles. The first-order chi connectivity index (χ1) is 12.1. The van der Waals surface area contributed by atoms with Crippen LogP contribution in [0, 0.1) is 0 Å². The normalized spacial score (nSPS) is 19.3. The van der Waals surface area contributed by atoms with Crippen molar-refractivity contribution in [2.45, 2.75) is 18.9 Å². The maximum Gasteiger partial charge on any atom is 0.335 e. The molecule has 2 aliphatic heterocycles. The smallest absolute Gasteiger partial charge is 0.335 e. The van der Waals surface area contributed by atoms with Crippen LogP contribution in [0.3, 0.4) is 0 Å². The van der Waals surface area contributed by atoms with E-state index in [1.807, 2.05) is 18.2 Å². The Labute approximate surface area is 150 Å². The molecule has 2 aliphatic rings. The van der Waals surface area contributed by atoms with Gasteiger partial charge in [0.1, 0.15) is 0 Å². The number of aromatic carboxylic acids is 1. The summed E-state index contributed by atoms with van der Waals surface area (Å²) in [5, 5.41) is 10.1. The molecular formula is C19H18ClNO4. The molecule has 0 bridgehead atoms. The van der Waals surface area contributed by atoms with E-state index in [0.717, 1.165) is 36.4 Å². The lowest BCUT2D eigenvalue weighted by atomic mass is 9.93. The minimum Gasteiger partial charge on any atom is -0.478 e. The van der Waals surface area contributed by atoms with Gasteiger partial charge in [0.2, 0.25) is 6.79 Å². The molecule has 0 aromatic heterocycles. The fraction of sp³-hybridized carbons (Fsp3) is 0.316. The molecule has 0 aliphatic carbocycles. The first-order valence-electron chi connectivity index (χ1n) is 8.24. The summed E-state index contributed by atoms with van der Waals surface area (Å²) < 4.78 is 10.8. The average molecular weight is 360 g/mol. The van der Waals surface area contributed by atoms with Crippen LogP contribution in [0.2, 0.25) is 5.02 Å². The SMILES string of the molecule is O=C(O)c1ccccc1[C@@H]1CCN(Cc2cc3c(cc2Cl)OCO3)C1. The van der Waals surface area contributed by atoms with Crippen molar-refractivity contribution in [2.24, 2.45) is 0 Å². The molecule has 0 spiro atoms. The Balaban J connectivity index is 1.50. The maximum atomic E-state index is 11.4. The summed E-state index contributed by atoms with van der Waals surface area (Å²) in [7, 11) is 0. The Morgan fingerprint density at radius 3 is 2.80 bits per heavy atom. The second-order valence-corrected chi connectivity index (χ2v) is 6.82. The summed E-state index contributed by atoms with van der Waals surface area (Å²) in [6.07, 6.45) is 0.937. The minimum absolute atomic E-state index is 0.222. The van der Waals surface area contributed by atoms with Crippen LogP contribution >= 0.6 is 11.6 Å². The highest BCUT2D eigenvalue weighted by Gasteiger charge is 2.28. The first kappa shape index (κ1) is 16.2. The van der Waals surface area contributed by atoms with E-state index in [9.17, 15) is 9.90 Å². The van der Waals surface area contributed by atoms with Crippen molar-refractivity contribution >= 4 is 17.6 Å². The van der Waals surface area contributed by atoms with Crippen molar-refractivity contribution in [1.29, 1.82) is 0 Å². The topological polar surface area (TPSA) is 59.0 Å². The molecule has 5 nitrogen and oxygen atoms in total. The van der Waals surface area contributed by atoms with E-state index in [1.54, 1.807) is 18.2 Å². The third kappa shape index (κ3) is 3.17. The lowest BCUT2D eigenvalue weighted by molar-refractivity contribution is 0.0695. The van der Waals surface area contributed by atoms with E-state index >= 15 is 0 Å². The van der Waals surface area contributed by atoms with E-state index in [2.05, 4.69) is 4.90 Å². The first-order valence-corrected chi connectivity index (χ1v) is 8.62. The van der Waals surface area contributed by atoms with E-state index in [-0.39, 0.29) is 12.7 Å². The van der Waals surface area contributed by atoms with Crippen molar-refractivity contribution < 1.29 is 19.4 Å². The predicted octanol–water partition coefficient (Wildman–Crippen LogP) is 3.76. The number of hydrogen-bond acceptors (Lipinski definition) is 4. The van der Waals surface area contributed by atoms with Crippen LogP contribution in [-0.2, 0) is 6.54 Å². The van der Waals surface area contributed by atoms with Gasteiger partial charge in [-0.2, -0.15) is 0 Å². The van der Waals surface area contributed by atoms with Crippen molar-refractivity contribution in [3.8, 4) is 11.5 Å². The molecule has 1 atom stereocenters. The highest BCUT2D eigenvalue weighted by Crippen LogP contribution is 2.38. The van der Waals surface area contributed by atoms with Gasteiger partial charge in [-0.25, -0.2) is 4.79 Å². The number of benzene rings is 2. The number of rotatable bonds is 4. The summed E-state index contributed by atoms with van der Waals surface area (Å²) >= 11 is 6.37. The average Bonchev–Trinajstić information content (AvgIpc) is 3.24. The number of carboxylic acid groups (broad SMARTS) is 1. The largest absolute Gasteiger partial charge is 0.478 e. The highest BCUT2D eigenvalue weighted by molar-refractivity contribution is 6.31. The van der Waals surface area contributed by atoms with Crippen LogP contribution in [0.4, 0.5) is 0 Å². The molecule has 0 amide bonds. The molecule has 0 radical (unpaired) electrons. The van der Waals surface area contributed by atoms with Crippen LogP contribution in [-0.4, -0.2) is 35.9 Å². The number of ether oxygens (including phenoxy) is 2. The molecule has 25 heavy (non-hydrogen) atoms. The van der Waals surface area contributed by atoms with Gasteiger partial charge in [-0.15, -0.1) is 0 Å². The molecule has 130 valence electrons. The molecule has 6 heteroatoms. The third-order valence-electron chi connectivity index (χ3n) is 4.84. The van der Waals surface area contributed by atoms with E-state index in [1.165, 1.54) is 0 Å². The minimum atomic E-state index is -0.868. The monoisotopic (exact) mass is 359 g/mol. The number of carboxylic acids is 1. The van der Waals surface area contributed by atoms with Crippen molar-refractivity contribution in [3.05, 3.63) is 58.1 Å². The molecule has 1 fully saturated rings. The zero-order valence-electron chi connectivity index (χ0n) is 13.6.